The maximum atomic E-state index is 12.5. The number of carbonyl (C=O) groups is 2. The zero-order valence-electron chi connectivity index (χ0n) is 15.0. The van der Waals surface area contributed by atoms with E-state index in [1.807, 2.05) is 18.2 Å². The van der Waals surface area contributed by atoms with E-state index >= 15 is 0 Å². The van der Waals surface area contributed by atoms with Crippen LogP contribution in [0.3, 0.4) is 0 Å². The minimum atomic E-state index is -0.161. The Balaban J connectivity index is 1.68. The smallest absolute Gasteiger partial charge is 0.254 e. The lowest BCUT2D eigenvalue weighted by Crippen LogP contribution is -2.22. The molecule has 0 bridgehead atoms. The van der Waals surface area contributed by atoms with Crippen molar-refractivity contribution in [3.05, 3.63) is 64.7 Å². The summed E-state index contributed by atoms with van der Waals surface area (Å²) in [6.45, 7) is 0. The second-order valence-electron chi connectivity index (χ2n) is 7.00. The van der Waals surface area contributed by atoms with Gasteiger partial charge in [0.15, 0.2) is 0 Å². The fraction of sp³-hybridized carbons (Fsp3) is 0.333. The van der Waals surface area contributed by atoms with E-state index in [0.717, 1.165) is 0 Å². The molecule has 0 saturated heterocycles. The van der Waals surface area contributed by atoms with E-state index in [2.05, 4.69) is 17.4 Å². The van der Waals surface area contributed by atoms with Gasteiger partial charge in [0.1, 0.15) is 0 Å². The predicted octanol–water partition coefficient (Wildman–Crippen LogP) is 4.56. The first-order valence-electron chi connectivity index (χ1n) is 8.81. The van der Waals surface area contributed by atoms with Crippen molar-refractivity contribution in [3.63, 3.8) is 0 Å². The Morgan fingerprint density at radius 3 is 2.42 bits per heavy atom. The van der Waals surface area contributed by atoms with E-state index < -0.39 is 0 Å². The molecule has 3 rings (SSSR count). The molecule has 1 aliphatic carbocycles. The van der Waals surface area contributed by atoms with Crippen LogP contribution in [-0.4, -0.2) is 30.8 Å². The molecule has 0 aliphatic heterocycles. The van der Waals surface area contributed by atoms with Crippen LogP contribution in [0.4, 0.5) is 5.69 Å². The molecule has 0 heterocycles. The summed E-state index contributed by atoms with van der Waals surface area (Å²) in [5.41, 5.74) is 2.25. The van der Waals surface area contributed by atoms with Crippen molar-refractivity contribution in [1.29, 1.82) is 0 Å². The average molecular weight is 371 g/mol. The van der Waals surface area contributed by atoms with E-state index in [-0.39, 0.29) is 17.7 Å². The summed E-state index contributed by atoms with van der Waals surface area (Å²) in [6.07, 6.45) is 2.81. The van der Waals surface area contributed by atoms with Crippen molar-refractivity contribution in [2.24, 2.45) is 5.92 Å². The molecular formula is C21H23ClN2O2. The molecule has 4 nitrogen and oxygen atoms in total. The SMILES string of the molecule is CN(C)C(=O)c1ccc(NC(=O)CC(c2ccccc2)C2CC2)cc1Cl. The topological polar surface area (TPSA) is 49.4 Å². The van der Waals surface area contributed by atoms with Crippen molar-refractivity contribution in [2.45, 2.75) is 25.2 Å². The first kappa shape index (κ1) is 18.5. The van der Waals surface area contributed by atoms with Gasteiger partial charge in [-0.25, -0.2) is 0 Å². The van der Waals surface area contributed by atoms with Gasteiger partial charge in [-0.1, -0.05) is 41.9 Å². The summed E-state index contributed by atoms with van der Waals surface area (Å²) in [6, 6.07) is 15.2. The van der Waals surface area contributed by atoms with Gasteiger partial charge in [0, 0.05) is 26.2 Å². The Hall–Kier alpha value is -2.33. The molecule has 2 amide bonds. The van der Waals surface area contributed by atoms with Gasteiger partial charge in [0.2, 0.25) is 5.91 Å². The highest BCUT2D eigenvalue weighted by atomic mass is 35.5. The third kappa shape index (κ3) is 4.44. The highest BCUT2D eigenvalue weighted by molar-refractivity contribution is 6.34. The van der Waals surface area contributed by atoms with Crippen LogP contribution < -0.4 is 5.32 Å². The third-order valence-electron chi connectivity index (χ3n) is 4.71. The molecule has 0 spiro atoms. The highest BCUT2D eigenvalue weighted by Gasteiger charge is 2.33. The van der Waals surface area contributed by atoms with Crippen LogP contribution in [-0.2, 0) is 4.79 Å². The van der Waals surface area contributed by atoms with Gasteiger partial charge < -0.3 is 10.2 Å². The number of carbonyl (C=O) groups excluding carboxylic acids is 2. The predicted molar refractivity (Wildman–Crippen MR) is 105 cm³/mol. The van der Waals surface area contributed by atoms with E-state index in [1.54, 1.807) is 32.3 Å². The average Bonchev–Trinajstić information content (AvgIpc) is 3.45. The molecule has 0 aromatic heterocycles. The van der Waals surface area contributed by atoms with Gasteiger partial charge in [-0.2, -0.15) is 0 Å². The number of anilines is 1. The van der Waals surface area contributed by atoms with Crippen molar-refractivity contribution >= 4 is 29.1 Å². The summed E-state index contributed by atoms with van der Waals surface area (Å²) in [4.78, 5) is 26.0. The van der Waals surface area contributed by atoms with Crippen LogP contribution in [0.25, 0.3) is 0 Å². The van der Waals surface area contributed by atoms with Crippen molar-refractivity contribution in [2.75, 3.05) is 19.4 Å². The van der Waals surface area contributed by atoms with Crippen LogP contribution in [0.1, 0.15) is 41.1 Å². The van der Waals surface area contributed by atoms with Crippen LogP contribution >= 0.6 is 11.6 Å². The number of hydrogen-bond acceptors (Lipinski definition) is 2. The minimum Gasteiger partial charge on any atom is -0.345 e. The number of amides is 2. The Bertz CT molecular complexity index is 801. The summed E-state index contributed by atoms with van der Waals surface area (Å²) < 4.78 is 0. The minimum absolute atomic E-state index is 0.0338. The van der Waals surface area contributed by atoms with Crippen molar-refractivity contribution in [1.82, 2.24) is 4.90 Å². The van der Waals surface area contributed by atoms with Crippen LogP contribution in [0, 0.1) is 5.92 Å². The summed E-state index contributed by atoms with van der Waals surface area (Å²) in [5, 5.41) is 3.25. The maximum absolute atomic E-state index is 12.5. The number of nitrogens with zero attached hydrogens (tertiary/aromatic N) is 1. The molecule has 136 valence electrons. The number of benzene rings is 2. The molecule has 1 saturated carbocycles. The summed E-state index contributed by atoms with van der Waals surface area (Å²) >= 11 is 6.22. The molecule has 1 fully saturated rings. The highest BCUT2D eigenvalue weighted by Crippen LogP contribution is 2.44. The second kappa shape index (κ2) is 7.92. The largest absolute Gasteiger partial charge is 0.345 e. The molecular weight excluding hydrogens is 348 g/mol. The maximum Gasteiger partial charge on any atom is 0.254 e. The fourth-order valence-corrected chi connectivity index (χ4v) is 3.44. The zero-order valence-corrected chi connectivity index (χ0v) is 15.8. The number of rotatable bonds is 6. The molecule has 2 aromatic carbocycles. The molecule has 1 atom stereocenters. The number of halogens is 1. The number of hydrogen-bond donors (Lipinski definition) is 1. The Kier molecular flexibility index (Phi) is 5.62. The quantitative estimate of drug-likeness (QED) is 0.810. The van der Waals surface area contributed by atoms with Crippen LogP contribution in [0.2, 0.25) is 5.02 Å². The van der Waals surface area contributed by atoms with Crippen LogP contribution in [0.5, 0.6) is 0 Å². The standard InChI is InChI=1S/C21H23ClN2O2/c1-24(2)21(26)17-11-10-16(12-19(17)22)23-20(25)13-18(15-8-9-15)14-6-4-3-5-7-14/h3-7,10-12,15,18H,8-9,13H2,1-2H3,(H,23,25). The molecule has 1 N–H and O–H groups in total. The third-order valence-corrected chi connectivity index (χ3v) is 5.03. The molecule has 26 heavy (non-hydrogen) atoms. The first-order valence-corrected chi connectivity index (χ1v) is 9.19. The summed E-state index contributed by atoms with van der Waals surface area (Å²) in [7, 11) is 3.35. The van der Waals surface area contributed by atoms with Crippen LogP contribution in [0.15, 0.2) is 48.5 Å². The fourth-order valence-electron chi connectivity index (χ4n) is 3.17. The summed E-state index contributed by atoms with van der Waals surface area (Å²) in [5.74, 6) is 0.646. The van der Waals surface area contributed by atoms with Gasteiger partial charge in [-0.15, -0.1) is 0 Å². The Morgan fingerprint density at radius 2 is 1.85 bits per heavy atom. The molecule has 1 unspecified atom stereocenters. The van der Waals surface area contributed by atoms with Gasteiger partial charge in [-0.05, 0) is 48.4 Å². The normalized spacial score (nSPS) is 14.6. The van der Waals surface area contributed by atoms with Gasteiger partial charge in [-0.3, -0.25) is 9.59 Å². The second-order valence-corrected chi connectivity index (χ2v) is 7.41. The van der Waals surface area contributed by atoms with E-state index in [0.29, 0.717) is 28.6 Å². The zero-order chi connectivity index (χ0) is 18.7. The molecule has 1 aliphatic rings. The van der Waals surface area contributed by atoms with Gasteiger partial charge in [0.05, 0.1) is 10.6 Å². The van der Waals surface area contributed by atoms with E-state index in [4.69, 9.17) is 11.6 Å². The van der Waals surface area contributed by atoms with E-state index in [9.17, 15) is 9.59 Å². The molecule has 0 radical (unpaired) electrons. The molecule has 5 heteroatoms. The lowest BCUT2D eigenvalue weighted by atomic mass is 9.91. The van der Waals surface area contributed by atoms with Gasteiger partial charge >= 0.3 is 0 Å². The monoisotopic (exact) mass is 370 g/mol. The Morgan fingerprint density at radius 1 is 1.15 bits per heavy atom. The number of nitrogens with one attached hydrogen (secondary N) is 1. The lowest BCUT2D eigenvalue weighted by Gasteiger charge is -2.17. The first-order chi connectivity index (χ1) is 12.5. The lowest BCUT2D eigenvalue weighted by molar-refractivity contribution is -0.116. The van der Waals surface area contributed by atoms with Crippen molar-refractivity contribution < 1.29 is 9.59 Å². The van der Waals surface area contributed by atoms with Gasteiger partial charge in [0.25, 0.3) is 5.91 Å². The van der Waals surface area contributed by atoms with Crippen molar-refractivity contribution in [3.8, 4) is 0 Å². The molecule has 2 aromatic rings. The Labute approximate surface area is 159 Å². The van der Waals surface area contributed by atoms with E-state index in [1.165, 1.54) is 23.3 Å².